The van der Waals surface area contributed by atoms with Gasteiger partial charge in [-0.15, -0.1) is 0 Å². The van der Waals surface area contributed by atoms with Crippen LogP contribution in [-0.2, 0) is 0 Å². The highest BCUT2D eigenvalue weighted by Gasteiger charge is 2.24. The van der Waals surface area contributed by atoms with Crippen molar-refractivity contribution in [1.29, 1.82) is 0 Å². The summed E-state index contributed by atoms with van der Waals surface area (Å²) in [5, 5.41) is 23.4. The molecule has 16 heavy (non-hydrogen) atoms. The minimum Gasteiger partial charge on any atom is -0.376 e. The number of nitro benzene ring substituents is 2. The second-order valence-corrected chi connectivity index (χ2v) is 3.15. The van der Waals surface area contributed by atoms with E-state index in [0.29, 0.717) is 0 Å². The third-order valence-electron chi connectivity index (χ3n) is 1.64. The molecule has 0 fully saturated rings. The topological polar surface area (TPSA) is 124 Å². The maximum absolute atomic E-state index is 10.6. The fourth-order valence-corrected chi connectivity index (χ4v) is 1.16. The molecule has 0 aromatic heterocycles. The van der Waals surface area contributed by atoms with Gasteiger partial charge in [-0.05, 0) is 18.3 Å². The first-order chi connectivity index (χ1) is 7.41. The summed E-state index contributed by atoms with van der Waals surface area (Å²) in [6, 6.07) is 3.29. The first kappa shape index (κ1) is 11.8. The van der Waals surface area contributed by atoms with Gasteiger partial charge in [0.15, 0.2) is 5.11 Å². The Bertz CT molecular complexity index is 475. The molecule has 9 heteroatoms. The van der Waals surface area contributed by atoms with E-state index < -0.39 is 21.2 Å². The second kappa shape index (κ2) is 4.49. The quantitative estimate of drug-likeness (QED) is 0.462. The fraction of sp³-hybridized carbons (Fsp3) is 0. The molecule has 84 valence electrons. The minimum absolute atomic E-state index is 0.0804. The van der Waals surface area contributed by atoms with Gasteiger partial charge in [-0.25, -0.2) is 0 Å². The number of hydrogen-bond acceptors (Lipinski definition) is 5. The van der Waals surface area contributed by atoms with Crippen LogP contribution in [0.2, 0.25) is 0 Å². The van der Waals surface area contributed by atoms with Crippen molar-refractivity contribution >= 4 is 34.4 Å². The first-order valence-corrected chi connectivity index (χ1v) is 4.32. The van der Waals surface area contributed by atoms with Gasteiger partial charge in [0.05, 0.1) is 9.85 Å². The molecule has 0 unspecified atom stereocenters. The van der Waals surface area contributed by atoms with Gasteiger partial charge in [0.25, 0.3) is 0 Å². The smallest absolute Gasteiger partial charge is 0.348 e. The predicted molar refractivity (Wildman–Crippen MR) is 60.2 cm³/mol. The molecule has 3 N–H and O–H groups in total. The lowest BCUT2D eigenvalue weighted by Crippen LogP contribution is -2.18. The number of benzene rings is 1. The molecule has 0 radical (unpaired) electrons. The van der Waals surface area contributed by atoms with Crippen molar-refractivity contribution < 1.29 is 9.85 Å². The van der Waals surface area contributed by atoms with Gasteiger partial charge in [0, 0.05) is 17.8 Å². The Kier molecular flexibility index (Phi) is 3.30. The summed E-state index contributed by atoms with van der Waals surface area (Å²) in [7, 11) is 0. The molecule has 0 bridgehead atoms. The molecule has 8 nitrogen and oxygen atoms in total. The average molecular weight is 242 g/mol. The molecule has 0 aliphatic heterocycles. The summed E-state index contributed by atoms with van der Waals surface area (Å²) in [6.07, 6.45) is 0. The van der Waals surface area contributed by atoms with Crippen molar-refractivity contribution in [2.45, 2.75) is 0 Å². The molecule has 1 aromatic rings. The highest BCUT2D eigenvalue weighted by Crippen LogP contribution is 2.29. The van der Waals surface area contributed by atoms with E-state index in [1.807, 2.05) is 0 Å². The van der Waals surface area contributed by atoms with Gasteiger partial charge in [-0.3, -0.25) is 20.2 Å². The highest BCUT2D eigenvalue weighted by atomic mass is 32.1. The summed E-state index contributed by atoms with van der Waals surface area (Å²) in [4.78, 5) is 19.4. The lowest BCUT2D eigenvalue weighted by atomic mass is 10.2. The SMILES string of the molecule is NC(=S)Nc1ccc([N+](=O)[O-])c([N+](=O)[O-])c1. The zero-order chi connectivity index (χ0) is 12.3. The van der Waals surface area contributed by atoms with Crippen LogP contribution in [0.25, 0.3) is 0 Å². The number of anilines is 1. The van der Waals surface area contributed by atoms with Crippen LogP contribution in [0, 0.1) is 20.2 Å². The Morgan fingerprint density at radius 3 is 2.25 bits per heavy atom. The van der Waals surface area contributed by atoms with Crippen LogP contribution < -0.4 is 11.1 Å². The molecule has 0 saturated carbocycles. The van der Waals surface area contributed by atoms with Crippen molar-refractivity contribution in [3.63, 3.8) is 0 Å². The Hall–Kier alpha value is -2.29. The van der Waals surface area contributed by atoms with E-state index in [2.05, 4.69) is 17.5 Å². The molecule has 0 spiro atoms. The molecule has 0 saturated heterocycles. The largest absolute Gasteiger partial charge is 0.376 e. The van der Waals surface area contributed by atoms with Gasteiger partial charge in [0.2, 0.25) is 0 Å². The molecule has 1 rings (SSSR count). The first-order valence-electron chi connectivity index (χ1n) is 3.91. The Morgan fingerprint density at radius 1 is 1.25 bits per heavy atom. The number of nitrogens with zero attached hydrogens (tertiary/aromatic N) is 2. The van der Waals surface area contributed by atoms with Gasteiger partial charge in [-0.2, -0.15) is 0 Å². The van der Waals surface area contributed by atoms with Crippen molar-refractivity contribution in [3.05, 3.63) is 38.4 Å². The summed E-state index contributed by atoms with van der Waals surface area (Å²) in [5.41, 5.74) is 4.19. The van der Waals surface area contributed by atoms with E-state index in [9.17, 15) is 20.2 Å². The minimum atomic E-state index is -0.844. The second-order valence-electron chi connectivity index (χ2n) is 2.71. The number of nitro groups is 2. The van der Waals surface area contributed by atoms with Crippen LogP contribution in [0.15, 0.2) is 18.2 Å². The molecular weight excluding hydrogens is 236 g/mol. The number of nitrogens with two attached hydrogens (primary N) is 1. The van der Waals surface area contributed by atoms with E-state index in [1.165, 1.54) is 6.07 Å². The standard InChI is InChI=1S/C7H6N4O4S/c8-7(16)9-4-1-2-5(10(12)13)6(3-4)11(14)15/h1-3H,(H3,8,9,16). The van der Waals surface area contributed by atoms with Crippen LogP contribution in [0.3, 0.4) is 0 Å². The van der Waals surface area contributed by atoms with Crippen LogP contribution in [0.1, 0.15) is 0 Å². The van der Waals surface area contributed by atoms with Gasteiger partial charge in [-0.1, -0.05) is 0 Å². The summed E-state index contributed by atoms with van der Waals surface area (Å²) < 4.78 is 0. The fourth-order valence-electron chi connectivity index (χ4n) is 1.04. The van der Waals surface area contributed by atoms with E-state index in [0.717, 1.165) is 12.1 Å². The summed E-state index contributed by atoms with van der Waals surface area (Å²) in [5.74, 6) is 0. The Balaban J connectivity index is 3.22. The lowest BCUT2D eigenvalue weighted by Gasteiger charge is -2.02. The maximum atomic E-state index is 10.6. The highest BCUT2D eigenvalue weighted by molar-refractivity contribution is 7.80. The normalized spacial score (nSPS) is 9.50. The van der Waals surface area contributed by atoms with Gasteiger partial charge in [0.1, 0.15) is 0 Å². The number of hydrogen-bond donors (Lipinski definition) is 2. The van der Waals surface area contributed by atoms with E-state index in [4.69, 9.17) is 5.73 Å². The molecule has 0 heterocycles. The lowest BCUT2D eigenvalue weighted by molar-refractivity contribution is -0.422. The predicted octanol–water partition coefficient (Wildman–Crippen LogP) is 1.16. The number of nitrogens with one attached hydrogen (secondary N) is 1. The molecule has 1 aromatic carbocycles. The van der Waals surface area contributed by atoms with Crippen molar-refractivity contribution in [3.8, 4) is 0 Å². The van der Waals surface area contributed by atoms with Crippen molar-refractivity contribution in [1.82, 2.24) is 0 Å². The van der Waals surface area contributed by atoms with Gasteiger partial charge >= 0.3 is 11.4 Å². The van der Waals surface area contributed by atoms with Crippen LogP contribution in [0.5, 0.6) is 0 Å². The average Bonchev–Trinajstić information content (AvgIpc) is 2.16. The number of rotatable bonds is 3. The zero-order valence-electron chi connectivity index (χ0n) is 7.75. The molecule has 0 aliphatic rings. The van der Waals surface area contributed by atoms with E-state index >= 15 is 0 Å². The summed E-state index contributed by atoms with van der Waals surface area (Å²) >= 11 is 4.53. The monoisotopic (exact) mass is 242 g/mol. The van der Waals surface area contributed by atoms with Crippen LogP contribution >= 0.6 is 12.2 Å². The van der Waals surface area contributed by atoms with Crippen molar-refractivity contribution in [2.24, 2.45) is 5.73 Å². The molecule has 0 aliphatic carbocycles. The number of thiocarbonyl (C=S) groups is 1. The zero-order valence-corrected chi connectivity index (χ0v) is 8.56. The van der Waals surface area contributed by atoms with Crippen LogP contribution in [0.4, 0.5) is 17.1 Å². The summed E-state index contributed by atoms with van der Waals surface area (Å²) in [6.45, 7) is 0. The molecule has 0 atom stereocenters. The molecular formula is C7H6N4O4S. The van der Waals surface area contributed by atoms with Crippen LogP contribution in [-0.4, -0.2) is 15.0 Å². The molecule has 0 amide bonds. The third-order valence-corrected chi connectivity index (χ3v) is 1.74. The Labute approximate surface area is 94.4 Å². The Morgan fingerprint density at radius 2 is 1.81 bits per heavy atom. The maximum Gasteiger partial charge on any atom is 0.348 e. The van der Waals surface area contributed by atoms with E-state index in [-0.39, 0.29) is 10.8 Å². The van der Waals surface area contributed by atoms with Gasteiger partial charge < -0.3 is 11.1 Å². The third kappa shape index (κ3) is 2.60. The van der Waals surface area contributed by atoms with E-state index in [1.54, 1.807) is 0 Å². The van der Waals surface area contributed by atoms with Crippen molar-refractivity contribution in [2.75, 3.05) is 5.32 Å².